The molecule has 66 valence electrons. The Bertz CT molecular complexity index is 140. The minimum absolute atomic E-state index is 0.257. The number of aliphatic hydroxyl groups excluding tert-OH is 1. The van der Waals surface area contributed by atoms with E-state index in [0.717, 1.165) is 13.0 Å². The molecule has 0 aromatic heterocycles. The maximum absolute atomic E-state index is 12.5. The molecule has 4 heteroatoms. The van der Waals surface area contributed by atoms with Gasteiger partial charge < -0.3 is 5.11 Å². The molecule has 2 nitrogen and oxygen atoms in total. The molecule has 0 amide bonds. The SMILES string of the molecule is CC1CCN1CC(F)(F)CO. The Morgan fingerprint density at radius 3 is 2.55 bits per heavy atom. The summed E-state index contributed by atoms with van der Waals surface area (Å²) in [6.45, 7) is 1.30. The molecule has 1 atom stereocenters. The highest BCUT2D eigenvalue weighted by atomic mass is 19.3. The lowest BCUT2D eigenvalue weighted by molar-refractivity contribution is -0.0936. The first-order valence-electron chi connectivity index (χ1n) is 3.78. The van der Waals surface area contributed by atoms with Crippen molar-refractivity contribution in [1.29, 1.82) is 0 Å². The summed E-state index contributed by atoms with van der Waals surface area (Å²) in [5.74, 6) is -2.92. The fourth-order valence-electron chi connectivity index (χ4n) is 1.15. The van der Waals surface area contributed by atoms with Crippen LogP contribution in [0.25, 0.3) is 0 Å². The Balaban J connectivity index is 2.29. The normalized spacial score (nSPS) is 26.7. The van der Waals surface area contributed by atoms with Crippen molar-refractivity contribution in [3.8, 4) is 0 Å². The average Bonchev–Trinajstić information content (AvgIpc) is 1.98. The molecule has 1 heterocycles. The summed E-state index contributed by atoms with van der Waals surface area (Å²) in [7, 11) is 0. The highest BCUT2D eigenvalue weighted by Crippen LogP contribution is 2.22. The van der Waals surface area contributed by atoms with Gasteiger partial charge in [-0.3, -0.25) is 4.90 Å². The van der Waals surface area contributed by atoms with E-state index < -0.39 is 12.5 Å². The van der Waals surface area contributed by atoms with Crippen LogP contribution in [0.1, 0.15) is 13.3 Å². The molecule has 1 aliphatic rings. The van der Waals surface area contributed by atoms with E-state index in [4.69, 9.17) is 5.11 Å². The third kappa shape index (κ3) is 2.10. The maximum atomic E-state index is 12.5. The van der Waals surface area contributed by atoms with E-state index in [-0.39, 0.29) is 12.6 Å². The zero-order valence-electron chi connectivity index (χ0n) is 6.56. The lowest BCUT2D eigenvalue weighted by Gasteiger charge is -2.40. The van der Waals surface area contributed by atoms with Crippen LogP contribution in [-0.4, -0.2) is 41.7 Å². The van der Waals surface area contributed by atoms with E-state index in [0.29, 0.717) is 0 Å². The monoisotopic (exact) mass is 165 g/mol. The van der Waals surface area contributed by atoms with Crippen LogP contribution in [0.2, 0.25) is 0 Å². The van der Waals surface area contributed by atoms with Crippen molar-refractivity contribution in [1.82, 2.24) is 4.90 Å². The van der Waals surface area contributed by atoms with E-state index in [1.165, 1.54) is 0 Å². The summed E-state index contributed by atoms with van der Waals surface area (Å²) in [4.78, 5) is 1.68. The smallest absolute Gasteiger partial charge is 0.283 e. The molecule has 1 fully saturated rings. The first-order valence-corrected chi connectivity index (χ1v) is 3.78. The van der Waals surface area contributed by atoms with Crippen LogP contribution < -0.4 is 0 Å². The van der Waals surface area contributed by atoms with E-state index >= 15 is 0 Å². The molecule has 11 heavy (non-hydrogen) atoms. The number of halogens is 2. The Morgan fingerprint density at radius 2 is 2.27 bits per heavy atom. The van der Waals surface area contributed by atoms with Crippen molar-refractivity contribution >= 4 is 0 Å². The first kappa shape index (κ1) is 8.87. The predicted molar refractivity (Wildman–Crippen MR) is 37.7 cm³/mol. The summed E-state index contributed by atoms with van der Waals surface area (Å²) >= 11 is 0. The topological polar surface area (TPSA) is 23.5 Å². The van der Waals surface area contributed by atoms with Crippen molar-refractivity contribution in [2.45, 2.75) is 25.3 Å². The molecule has 0 aromatic rings. The molecule has 1 N–H and O–H groups in total. The van der Waals surface area contributed by atoms with Crippen molar-refractivity contribution in [2.24, 2.45) is 0 Å². The molecular formula is C7H13F2NO. The molecule has 1 rings (SSSR count). The van der Waals surface area contributed by atoms with Gasteiger partial charge in [-0.2, -0.15) is 0 Å². The van der Waals surface area contributed by atoms with Crippen LogP contribution >= 0.6 is 0 Å². The van der Waals surface area contributed by atoms with Gasteiger partial charge in [-0.05, 0) is 13.3 Å². The minimum atomic E-state index is -2.92. The van der Waals surface area contributed by atoms with Gasteiger partial charge in [-0.15, -0.1) is 0 Å². The van der Waals surface area contributed by atoms with Crippen LogP contribution in [0.3, 0.4) is 0 Å². The first-order chi connectivity index (χ1) is 5.05. The number of aliphatic hydroxyl groups is 1. The van der Waals surface area contributed by atoms with Crippen LogP contribution in [0.4, 0.5) is 8.78 Å². The minimum Gasteiger partial charge on any atom is -0.390 e. The zero-order valence-corrected chi connectivity index (χ0v) is 6.56. The molecule has 0 aliphatic carbocycles. The second-order valence-electron chi connectivity index (χ2n) is 3.12. The standard InChI is InChI=1S/C7H13F2NO/c1-6-2-3-10(6)4-7(8,9)5-11/h6,11H,2-5H2,1H3. The van der Waals surface area contributed by atoms with Gasteiger partial charge in [0.15, 0.2) is 0 Å². The average molecular weight is 165 g/mol. The number of nitrogens with zero attached hydrogens (tertiary/aromatic N) is 1. The van der Waals surface area contributed by atoms with Gasteiger partial charge >= 0.3 is 0 Å². The third-order valence-electron chi connectivity index (χ3n) is 2.12. The summed E-state index contributed by atoms with van der Waals surface area (Å²) < 4.78 is 25.0. The predicted octanol–water partition coefficient (Wildman–Crippen LogP) is 0.708. The lowest BCUT2D eigenvalue weighted by Crippen LogP contribution is -2.51. The Morgan fingerprint density at radius 1 is 1.64 bits per heavy atom. The van der Waals surface area contributed by atoms with Crippen molar-refractivity contribution in [2.75, 3.05) is 19.7 Å². The van der Waals surface area contributed by atoms with Crippen molar-refractivity contribution in [3.05, 3.63) is 0 Å². The highest BCUT2D eigenvalue weighted by Gasteiger charge is 2.35. The van der Waals surface area contributed by atoms with Gasteiger partial charge in [0.25, 0.3) is 5.92 Å². The lowest BCUT2D eigenvalue weighted by atomic mass is 10.0. The van der Waals surface area contributed by atoms with Crippen LogP contribution in [0, 0.1) is 0 Å². The largest absolute Gasteiger partial charge is 0.390 e. The second-order valence-corrected chi connectivity index (χ2v) is 3.12. The molecule has 1 aliphatic heterocycles. The molecule has 0 spiro atoms. The van der Waals surface area contributed by atoms with Gasteiger partial charge in [-0.1, -0.05) is 0 Å². The Labute approximate surface area is 64.8 Å². The van der Waals surface area contributed by atoms with Gasteiger partial charge in [0, 0.05) is 12.6 Å². The Hall–Kier alpha value is -0.220. The molecule has 0 saturated carbocycles. The summed E-state index contributed by atoms with van der Waals surface area (Å²) in [6, 6.07) is 0.257. The van der Waals surface area contributed by atoms with Crippen molar-refractivity contribution in [3.63, 3.8) is 0 Å². The maximum Gasteiger partial charge on any atom is 0.283 e. The molecule has 0 aromatic carbocycles. The van der Waals surface area contributed by atoms with E-state index in [2.05, 4.69) is 0 Å². The summed E-state index contributed by atoms with van der Waals surface area (Å²) in [6.07, 6.45) is 0.988. The van der Waals surface area contributed by atoms with Crippen LogP contribution in [-0.2, 0) is 0 Å². The van der Waals surface area contributed by atoms with Gasteiger partial charge in [0.05, 0.1) is 6.54 Å². The Kier molecular flexibility index (Phi) is 2.44. The molecule has 1 saturated heterocycles. The van der Waals surface area contributed by atoms with Gasteiger partial charge in [0.2, 0.25) is 0 Å². The second kappa shape index (κ2) is 3.03. The molecule has 0 bridgehead atoms. The quantitative estimate of drug-likeness (QED) is 0.665. The van der Waals surface area contributed by atoms with Crippen molar-refractivity contribution < 1.29 is 13.9 Å². The fraction of sp³-hybridized carbons (Fsp3) is 1.00. The summed E-state index contributed by atoms with van der Waals surface area (Å²) in [5, 5.41) is 8.27. The van der Waals surface area contributed by atoms with Crippen LogP contribution in [0.5, 0.6) is 0 Å². The highest BCUT2D eigenvalue weighted by molar-refractivity contribution is 4.83. The van der Waals surface area contributed by atoms with Crippen LogP contribution in [0.15, 0.2) is 0 Å². The molecule has 1 unspecified atom stereocenters. The molecule has 0 radical (unpaired) electrons. The van der Waals surface area contributed by atoms with E-state index in [9.17, 15) is 8.78 Å². The number of hydrogen-bond acceptors (Lipinski definition) is 2. The molecular weight excluding hydrogens is 152 g/mol. The third-order valence-corrected chi connectivity index (χ3v) is 2.12. The van der Waals surface area contributed by atoms with Gasteiger partial charge in [-0.25, -0.2) is 8.78 Å². The van der Waals surface area contributed by atoms with E-state index in [1.54, 1.807) is 4.90 Å². The van der Waals surface area contributed by atoms with Gasteiger partial charge in [0.1, 0.15) is 6.61 Å². The number of rotatable bonds is 3. The number of hydrogen-bond donors (Lipinski definition) is 1. The summed E-state index contributed by atoms with van der Waals surface area (Å²) in [5.41, 5.74) is 0. The number of alkyl halides is 2. The zero-order chi connectivity index (χ0) is 8.48. The fourth-order valence-corrected chi connectivity index (χ4v) is 1.15. The number of likely N-dealkylation sites (tertiary alicyclic amines) is 1. The van der Waals surface area contributed by atoms with E-state index in [1.807, 2.05) is 6.92 Å².